The number of anilines is 1. The zero-order chi connectivity index (χ0) is 13.3. The number of amides is 1. The van der Waals surface area contributed by atoms with E-state index in [1.165, 1.54) is 6.07 Å². The second-order valence-electron chi connectivity index (χ2n) is 3.79. The Morgan fingerprint density at radius 3 is 2.33 bits per heavy atom. The minimum absolute atomic E-state index is 0.236. The van der Waals surface area contributed by atoms with Gasteiger partial charge in [0.2, 0.25) is 0 Å². The van der Waals surface area contributed by atoms with Crippen molar-refractivity contribution in [3.05, 3.63) is 51.5 Å². The van der Waals surface area contributed by atoms with E-state index in [2.05, 4.69) is 15.9 Å². The first-order valence-electron chi connectivity index (χ1n) is 5.14. The van der Waals surface area contributed by atoms with Crippen LogP contribution in [0.2, 0.25) is 5.02 Å². The average molecular weight is 326 g/mol. The summed E-state index contributed by atoms with van der Waals surface area (Å²) in [5, 5.41) is 0.427. The maximum Gasteiger partial charge on any atom is 0.250 e. The van der Waals surface area contributed by atoms with E-state index in [4.69, 9.17) is 23.1 Å². The third kappa shape index (κ3) is 2.49. The van der Waals surface area contributed by atoms with Crippen LogP contribution in [0.5, 0.6) is 0 Å². The van der Waals surface area contributed by atoms with Crippen molar-refractivity contribution in [1.29, 1.82) is 0 Å². The van der Waals surface area contributed by atoms with Gasteiger partial charge in [0.15, 0.2) is 0 Å². The van der Waals surface area contributed by atoms with Crippen molar-refractivity contribution in [3.8, 4) is 11.1 Å². The molecule has 0 spiro atoms. The third-order valence-electron chi connectivity index (χ3n) is 2.57. The Morgan fingerprint density at radius 1 is 1.17 bits per heavy atom. The summed E-state index contributed by atoms with van der Waals surface area (Å²) in [5.41, 5.74) is 13.4. The Labute approximate surface area is 118 Å². The van der Waals surface area contributed by atoms with Gasteiger partial charge in [-0.15, -0.1) is 0 Å². The SMILES string of the molecule is NC(=O)c1cc(Cl)cc(-c2ccc(Br)cc2)c1N. The summed E-state index contributed by atoms with van der Waals surface area (Å²) in [6, 6.07) is 10.7. The van der Waals surface area contributed by atoms with E-state index in [9.17, 15) is 4.79 Å². The van der Waals surface area contributed by atoms with E-state index < -0.39 is 5.91 Å². The highest BCUT2D eigenvalue weighted by Crippen LogP contribution is 2.32. The molecule has 5 heteroatoms. The fourth-order valence-electron chi connectivity index (χ4n) is 1.69. The highest BCUT2D eigenvalue weighted by Gasteiger charge is 2.13. The molecule has 0 aliphatic rings. The summed E-state index contributed by atoms with van der Waals surface area (Å²) >= 11 is 9.33. The smallest absolute Gasteiger partial charge is 0.250 e. The van der Waals surface area contributed by atoms with Gasteiger partial charge in [-0.2, -0.15) is 0 Å². The largest absolute Gasteiger partial charge is 0.398 e. The molecule has 1 amide bonds. The normalized spacial score (nSPS) is 10.3. The maximum absolute atomic E-state index is 11.3. The molecule has 2 aromatic rings. The van der Waals surface area contributed by atoms with Crippen LogP contribution in [0.3, 0.4) is 0 Å². The molecule has 0 atom stereocenters. The number of rotatable bonds is 2. The van der Waals surface area contributed by atoms with E-state index in [1.807, 2.05) is 24.3 Å². The number of primary amides is 1. The first kappa shape index (κ1) is 12.9. The molecule has 18 heavy (non-hydrogen) atoms. The number of hydrogen-bond donors (Lipinski definition) is 2. The van der Waals surface area contributed by atoms with Gasteiger partial charge in [0, 0.05) is 15.1 Å². The van der Waals surface area contributed by atoms with Crippen LogP contribution in [0, 0.1) is 0 Å². The van der Waals surface area contributed by atoms with Crippen LogP contribution in [0.25, 0.3) is 11.1 Å². The molecule has 4 N–H and O–H groups in total. The average Bonchev–Trinajstić information content (AvgIpc) is 2.32. The number of benzene rings is 2. The molecular weight excluding hydrogens is 316 g/mol. The van der Waals surface area contributed by atoms with Gasteiger partial charge in [-0.25, -0.2) is 0 Å². The molecule has 2 rings (SSSR count). The Morgan fingerprint density at radius 2 is 1.78 bits per heavy atom. The van der Waals surface area contributed by atoms with Crippen molar-refractivity contribution in [2.24, 2.45) is 5.73 Å². The summed E-state index contributed by atoms with van der Waals surface area (Å²) in [7, 11) is 0. The van der Waals surface area contributed by atoms with Crippen LogP contribution in [0.1, 0.15) is 10.4 Å². The van der Waals surface area contributed by atoms with Crippen LogP contribution in [0.4, 0.5) is 5.69 Å². The van der Waals surface area contributed by atoms with Gasteiger partial charge in [-0.1, -0.05) is 39.7 Å². The summed E-state index contributed by atoms with van der Waals surface area (Å²) in [5.74, 6) is -0.589. The highest BCUT2D eigenvalue weighted by molar-refractivity contribution is 9.10. The van der Waals surface area contributed by atoms with Crippen LogP contribution in [-0.4, -0.2) is 5.91 Å². The van der Waals surface area contributed by atoms with Crippen molar-refractivity contribution in [2.75, 3.05) is 5.73 Å². The fourth-order valence-corrected chi connectivity index (χ4v) is 2.17. The number of carbonyl (C=O) groups excluding carboxylic acids is 1. The monoisotopic (exact) mass is 324 g/mol. The molecule has 3 nitrogen and oxygen atoms in total. The van der Waals surface area contributed by atoms with Gasteiger partial charge in [0.1, 0.15) is 0 Å². The number of hydrogen-bond acceptors (Lipinski definition) is 2. The van der Waals surface area contributed by atoms with E-state index in [-0.39, 0.29) is 5.56 Å². The highest BCUT2D eigenvalue weighted by atomic mass is 79.9. The molecule has 0 saturated heterocycles. The molecular formula is C13H10BrClN2O. The molecule has 0 heterocycles. The predicted octanol–water partition coefficient (Wildman–Crippen LogP) is 3.45. The Kier molecular flexibility index (Phi) is 3.59. The summed E-state index contributed by atoms with van der Waals surface area (Å²) < 4.78 is 0.960. The van der Waals surface area contributed by atoms with E-state index in [1.54, 1.807) is 6.07 Å². The lowest BCUT2D eigenvalue weighted by Gasteiger charge is -2.10. The minimum atomic E-state index is -0.589. The Bertz CT molecular complexity index is 611. The van der Waals surface area contributed by atoms with Gasteiger partial charge in [0.25, 0.3) is 5.91 Å². The number of carbonyl (C=O) groups is 1. The molecule has 2 aromatic carbocycles. The standard InChI is InChI=1S/C13H10BrClN2O/c14-8-3-1-7(2-4-8)10-5-9(15)6-11(12(10)16)13(17)18/h1-6H,16H2,(H2,17,18). The van der Waals surface area contributed by atoms with Crippen LogP contribution in [0.15, 0.2) is 40.9 Å². The lowest BCUT2D eigenvalue weighted by atomic mass is 10.00. The maximum atomic E-state index is 11.3. The fraction of sp³-hybridized carbons (Fsp3) is 0. The molecule has 0 radical (unpaired) electrons. The van der Waals surface area contributed by atoms with Gasteiger partial charge < -0.3 is 11.5 Å². The summed E-state index contributed by atoms with van der Waals surface area (Å²) in [6.07, 6.45) is 0. The van der Waals surface area contributed by atoms with E-state index in [0.29, 0.717) is 16.3 Å². The molecule has 0 saturated carbocycles. The third-order valence-corrected chi connectivity index (χ3v) is 3.31. The second-order valence-corrected chi connectivity index (χ2v) is 5.14. The molecule has 0 aliphatic carbocycles. The Hall–Kier alpha value is -1.52. The molecule has 92 valence electrons. The van der Waals surface area contributed by atoms with Crippen LogP contribution in [-0.2, 0) is 0 Å². The number of nitrogens with two attached hydrogens (primary N) is 2. The lowest BCUT2D eigenvalue weighted by molar-refractivity contribution is 0.100. The molecule has 0 aromatic heterocycles. The van der Waals surface area contributed by atoms with Crippen LogP contribution < -0.4 is 11.5 Å². The molecule has 0 aliphatic heterocycles. The lowest BCUT2D eigenvalue weighted by Crippen LogP contribution is -2.14. The summed E-state index contributed by atoms with van der Waals surface area (Å²) in [4.78, 5) is 11.3. The van der Waals surface area contributed by atoms with Gasteiger partial charge in [-0.05, 0) is 29.8 Å². The van der Waals surface area contributed by atoms with Crippen molar-refractivity contribution >= 4 is 39.1 Å². The molecule has 0 fully saturated rings. The van der Waals surface area contributed by atoms with Crippen molar-refractivity contribution < 1.29 is 4.79 Å². The van der Waals surface area contributed by atoms with Crippen molar-refractivity contribution in [3.63, 3.8) is 0 Å². The van der Waals surface area contributed by atoms with E-state index in [0.717, 1.165) is 10.0 Å². The number of nitrogen functional groups attached to an aromatic ring is 1. The predicted molar refractivity (Wildman–Crippen MR) is 77.5 cm³/mol. The first-order valence-corrected chi connectivity index (χ1v) is 6.31. The van der Waals surface area contributed by atoms with Crippen molar-refractivity contribution in [2.45, 2.75) is 0 Å². The minimum Gasteiger partial charge on any atom is -0.398 e. The van der Waals surface area contributed by atoms with Crippen LogP contribution >= 0.6 is 27.5 Å². The van der Waals surface area contributed by atoms with Crippen molar-refractivity contribution in [1.82, 2.24) is 0 Å². The number of halogens is 2. The van der Waals surface area contributed by atoms with Gasteiger partial charge in [0.05, 0.1) is 11.3 Å². The molecule has 0 bridgehead atoms. The zero-order valence-electron chi connectivity index (χ0n) is 9.28. The quantitative estimate of drug-likeness (QED) is 0.830. The van der Waals surface area contributed by atoms with Gasteiger partial charge >= 0.3 is 0 Å². The zero-order valence-corrected chi connectivity index (χ0v) is 11.6. The topological polar surface area (TPSA) is 69.1 Å². The summed E-state index contributed by atoms with van der Waals surface area (Å²) in [6.45, 7) is 0. The van der Waals surface area contributed by atoms with E-state index >= 15 is 0 Å². The first-order chi connectivity index (χ1) is 8.49. The Balaban J connectivity index is 2.64. The second kappa shape index (κ2) is 5.00. The molecule has 0 unspecified atom stereocenters. The van der Waals surface area contributed by atoms with Gasteiger partial charge in [-0.3, -0.25) is 4.79 Å².